The smallest absolute Gasteiger partial charge is 0.269 e. The normalized spacial score (nSPS) is 10.4. The minimum Gasteiger partial charge on any atom is -0.325 e. The summed E-state index contributed by atoms with van der Waals surface area (Å²) in [7, 11) is 0. The van der Waals surface area contributed by atoms with E-state index in [-0.39, 0.29) is 17.3 Å². The molecule has 0 aliphatic rings. The summed E-state index contributed by atoms with van der Waals surface area (Å²) in [4.78, 5) is 22.2. The minimum atomic E-state index is -0.488. The first kappa shape index (κ1) is 16.7. The van der Waals surface area contributed by atoms with Gasteiger partial charge >= 0.3 is 0 Å². The first-order chi connectivity index (χ1) is 12.1. The quantitative estimate of drug-likeness (QED) is 0.414. The number of nitrogens with zero attached hydrogens (tertiary/aromatic N) is 4. The Morgan fingerprint density at radius 3 is 2.56 bits per heavy atom. The van der Waals surface area contributed by atoms with Crippen LogP contribution in [0.15, 0.2) is 66.1 Å². The van der Waals surface area contributed by atoms with Crippen molar-refractivity contribution in [2.24, 2.45) is 0 Å². The van der Waals surface area contributed by atoms with Gasteiger partial charge in [-0.25, -0.2) is 0 Å². The number of benzene rings is 2. The fraction of sp³-hybridized carbons (Fsp3) is 0.0625. The van der Waals surface area contributed by atoms with Gasteiger partial charge in [-0.1, -0.05) is 30.0 Å². The number of nitrogens with one attached hydrogen (secondary N) is 1. The monoisotopic (exact) mass is 355 g/mol. The molecule has 0 spiro atoms. The van der Waals surface area contributed by atoms with E-state index >= 15 is 0 Å². The molecule has 0 atom stereocenters. The number of anilines is 1. The average molecular weight is 355 g/mol. The van der Waals surface area contributed by atoms with Crippen LogP contribution in [-0.4, -0.2) is 31.3 Å². The molecule has 0 unspecified atom stereocenters. The fourth-order valence-corrected chi connectivity index (χ4v) is 2.81. The van der Waals surface area contributed by atoms with E-state index in [1.807, 2.05) is 30.3 Å². The molecule has 2 aromatic carbocycles. The van der Waals surface area contributed by atoms with Crippen molar-refractivity contribution in [3.8, 4) is 5.69 Å². The van der Waals surface area contributed by atoms with Gasteiger partial charge in [0.25, 0.3) is 5.69 Å². The number of hydrogen-bond donors (Lipinski definition) is 1. The first-order valence-electron chi connectivity index (χ1n) is 7.26. The molecule has 0 fully saturated rings. The van der Waals surface area contributed by atoms with Crippen molar-refractivity contribution in [3.63, 3.8) is 0 Å². The highest BCUT2D eigenvalue weighted by Crippen LogP contribution is 2.20. The molecule has 1 aromatic heterocycles. The molecule has 25 heavy (non-hydrogen) atoms. The number of amides is 1. The first-order valence-corrected chi connectivity index (χ1v) is 8.24. The number of aromatic nitrogens is 3. The number of carbonyl (C=O) groups is 1. The van der Waals surface area contributed by atoms with Crippen LogP contribution in [0.2, 0.25) is 0 Å². The number of nitro groups is 1. The molecule has 3 rings (SSSR count). The van der Waals surface area contributed by atoms with Crippen LogP contribution in [0.25, 0.3) is 5.69 Å². The van der Waals surface area contributed by atoms with Crippen molar-refractivity contribution >= 4 is 29.0 Å². The van der Waals surface area contributed by atoms with E-state index in [2.05, 4.69) is 15.5 Å². The Morgan fingerprint density at radius 2 is 1.88 bits per heavy atom. The molecule has 0 saturated carbocycles. The topological polar surface area (TPSA) is 103 Å². The zero-order valence-electron chi connectivity index (χ0n) is 12.9. The number of nitro benzene ring substituents is 1. The maximum absolute atomic E-state index is 12.1. The molecule has 126 valence electrons. The predicted octanol–water partition coefficient (Wildman–Crippen LogP) is 2.91. The van der Waals surface area contributed by atoms with Gasteiger partial charge in [0.2, 0.25) is 5.91 Å². The molecule has 0 bridgehead atoms. The summed E-state index contributed by atoms with van der Waals surface area (Å²) in [6, 6.07) is 15.2. The minimum absolute atomic E-state index is 0.0247. The summed E-state index contributed by atoms with van der Waals surface area (Å²) in [5, 5.41) is 21.8. The summed E-state index contributed by atoms with van der Waals surface area (Å²) in [5.74, 6) is -0.0934. The van der Waals surface area contributed by atoms with Crippen molar-refractivity contribution in [1.29, 1.82) is 0 Å². The van der Waals surface area contributed by atoms with E-state index in [9.17, 15) is 14.9 Å². The number of para-hydroxylation sites is 1. The lowest BCUT2D eigenvalue weighted by Crippen LogP contribution is -2.14. The van der Waals surface area contributed by atoms with Gasteiger partial charge in [-0.2, -0.15) is 0 Å². The van der Waals surface area contributed by atoms with Crippen LogP contribution in [0.1, 0.15) is 0 Å². The molecule has 1 amide bonds. The van der Waals surface area contributed by atoms with Gasteiger partial charge < -0.3 is 5.32 Å². The molecule has 0 aliphatic heterocycles. The number of rotatable bonds is 6. The number of hydrogen-bond acceptors (Lipinski definition) is 6. The van der Waals surface area contributed by atoms with Crippen molar-refractivity contribution in [2.75, 3.05) is 11.1 Å². The zero-order chi connectivity index (χ0) is 17.6. The number of non-ortho nitro benzene ring substituents is 1. The van der Waals surface area contributed by atoms with Crippen LogP contribution in [-0.2, 0) is 4.79 Å². The highest BCUT2D eigenvalue weighted by molar-refractivity contribution is 7.99. The molecular formula is C16H13N5O3S. The SMILES string of the molecule is O=C(CSc1nncn1-c1ccccc1)Nc1ccc([N+](=O)[O-])cc1. The summed E-state index contributed by atoms with van der Waals surface area (Å²) < 4.78 is 1.80. The van der Waals surface area contributed by atoms with E-state index in [1.54, 1.807) is 10.9 Å². The molecule has 8 nitrogen and oxygen atoms in total. The largest absolute Gasteiger partial charge is 0.325 e. The van der Waals surface area contributed by atoms with Crippen molar-refractivity contribution in [2.45, 2.75) is 5.16 Å². The third-order valence-electron chi connectivity index (χ3n) is 3.25. The molecule has 9 heteroatoms. The maximum atomic E-state index is 12.1. The van der Waals surface area contributed by atoms with Gasteiger partial charge in [-0.05, 0) is 24.3 Å². The van der Waals surface area contributed by atoms with E-state index in [0.29, 0.717) is 10.8 Å². The van der Waals surface area contributed by atoms with Crippen LogP contribution in [0.4, 0.5) is 11.4 Å². The molecule has 3 aromatic rings. The Morgan fingerprint density at radius 1 is 1.16 bits per heavy atom. The predicted molar refractivity (Wildman–Crippen MR) is 93.8 cm³/mol. The number of thioether (sulfide) groups is 1. The lowest BCUT2D eigenvalue weighted by molar-refractivity contribution is -0.384. The van der Waals surface area contributed by atoms with Crippen molar-refractivity contribution in [1.82, 2.24) is 14.8 Å². The summed E-state index contributed by atoms with van der Waals surface area (Å²) in [5.41, 5.74) is 1.38. The Labute approximate surface area is 147 Å². The van der Waals surface area contributed by atoms with Crippen LogP contribution < -0.4 is 5.32 Å². The van der Waals surface area contributed by atoms with Crippen LogP contribution in [0.5, 0.6) is 0 Å². The average Bonchev–Trinajstić information content (AvgIpc) is 3.10. The van der Waals surface area contributed by atoms with E-state index in [1.165, 1.54) is 36.0 Å². The Hall–Kier alpha value is -3.20. The van der Waals surface area contributed by atoms with Gasteiger partial charge in [-0.15, -0.1) is 10.2 Å². The zero-order valence-corrected chi connectivity index (χ0v) is 13.7. The molecule has 0 aliphatic carbocycles. The van der Waals surface area contributed by atoms with Crippen LogP contribution in [0.3, 0.4) is 0 Å². The van der Waals surface area contributed by atoms with E-state index < -0.39 is 4.92 Å². The van der Waals surface area contributed by atoms with Gasteiger partial charge in [-0.3, -0.25) is 19.5 Å². The summed E-state index contributed by atoms with van der Waals surface area (Å²) in [6.45, 7) is 0. The third kappa shape index (κ3) is 4.21. The van der Waals surface area contributed by atoms with Gasteiger partial charge in [0, 0.05) is 23.5 Å². The van der Waals surface area contributed by atoms with Crippen LogP contribution in [0, 0.1) is 10.1 Å². The lowest BCUT2D eigenvalue weighted by atomic mass is 10.3. The van der Waals surface area contributed by atoms with E-state index in [0.717, 1.165) is 5.69 Å². The molecule has 0 saturated heterocycles. The van der Waals surface area contributed by atoms with Gasteiger partial charge in [0.05, 0.1) is 10.7 Å². The second kappa shape index (κ2) is 7.58. The van der Waals surface area contributed by atoms with Gasteiger partial charge in [0.15, 0.2) is 5.16 Å². The van der Waals surface area contributed by atoms with Gasteiger partial charge in [0.1, 0.15) is 6.33 Å². The summed E-state index contributed by atoms with van der Waals surface area (Å²) in [6.07, 6.45) is 1.59. The maximum Gasteiger partial charge on any atom is 0.269 e. The van der Waals surface area contributed by atoms with Crippen LogP contribution >= 0.6 is 11.8 Å². The molecule has 1 N–H and O–H groups in total. The van der Waals surface area contributed by atoms with Crippen molar-refractivity contribution in [3.05, 3.63) is 71.0 Å². The van der Waals surface area contributed by atoms with Crippen molar-refractivity contribution < 1.29 is 9.72 Å². The lowest BCUT2D eigenvalue weighted by Gasteiger charge is -2.07. The second-order valence-electron chi connectivity index (χ2n) is 4.96. The Bertz CT molecular complexity index is 880. The second-order valence-corrected chi connectivity index (χ2v) is 5.90. The van der Waals surface area contributed by atoms with E-state index in [4.69, 9.17) is 0 Å². The highest BCUT2D eigenvalue weighted by atomic mass is 32.2. The highest BCUT2D eigenvalue weighted by Gasteiger charge is 2.11. The summed E-state index contributed by atoms with van der Waals surface area (Å²) >= 11 is 1.25. The molecule has 1 heterocycles. The molecular weight excluding hydrogens is 342 g/mol. The Kier molecular flexibility index (Phi) is 5.05. The fourth-order valence-electron chi connectivity index (χ4n) is 2.08. The molecule has 0 radical (unpaired) electrons. The standard InChI is InChI=1S/C16H13N5O3S/c22-15(18-12-6-8-14(9-7-12)21(23)24)10-25-16-19-17-11-20(16)13-4-2-1-3-5-13/h1-9,11H,10H2,(H,18,22). The number of carbonyl (C=O) groups excluding carboxylic acids is 1. The Balaban J connectivity index is 1.60. The third-order valence-corrected chi connectivity index (χ3v) is 4.19.